The van der Waals surface area contributed by atoms with Gasteiger partial charge in [0.1, 0.15) is 0 Å². The second-order valence-corrected chi connectivity index (χ2v) is 4.76. The van der Waals surface area contributed by atoms with E-state index in [1.807, 2.05) is 0 Å². The van der Waals surface area contributed by atoms with Crippen molar-refractivity contribution in [3.8, 4) is 22.3 Å². The van der Waals surface area contributed by atoms with Crippen molar-refractivity contribution in [2.75, 3.05) is 0 Å². The normalized spacial score (nSPS) is 17.1. The quantitative estimate of drug-likeness (QED) is 0.459. The Morgan fingerprint density at radius 1 is 0.636 bits per heavy atom. The van der Waals surface area contributed by atoms with Gasteiger partial charge in [0.25, 0.3) is 0 Å². The molecule has 0 aromatic heterocycles. The van der Waals surface area contributed by atoms with Crippen LogP contribution in [0.1, 0.15) is 13.7 Å². The van der Waals surface area contributed by atoms with Gasteiger partial charge in [-0.15, -0.1) is 0 Å². The molecule has 0 heterocycles. The maximum Gasteiger partial charge on any atom is 0.153 e. The Morgan fingerprint density at radius 3 is 1.41 bits per heavy atom. The fraction of sp³-hybridized carbons (Fsp3) is 0. The number of hydrogen-bond donors (Lipinski definition) is 0. The van der Waals surface area contributed by atoms with E-state index in [0.717, 1.165) is 0 Å². The fourth-order valence-corrected chi connectivity index (χ4v) is 2.44. The summed E-state index contributed by atoms with van der Waals surface area (Å²) in [5.74, 6) is -3.15. The Kier molecular flexibility index (Phi) is 1.96. The zero-order valence-corrected chi connectivity index (χ0v) is 12.0. The Morgan fingerprint density at radius 2 is 1.00 bits per heavy atom. The minimum Gasteiger partial charge on any atom is -0.205 e. The molecule has 3 aromatic carbocycles. The third-order valence-electron chi connectivity index (χ3n) is 2.76. The first-order chi connectivity index (χ1) is 14.7. The summed E-state index contributed by atoms with van der Waals surface area (Å²) in [4.78, 5) is 0. The summed E-state index contributed by atoms with van der Waals surface area (Å²) in [5, 5.41) is -1.89. The summed E-state index contributed by atoms with van der Waals surface area (Å²) < 4.78 is 109. The first-order valence-corrected chi connectivity index (χ1v) is 6.51. The molecule has 0 aliphatic heterocycles. The van der Waals surface area contributed by atoms with Crippen molar-refractivity contribution >= 4 is 23.2 Å². The van der Waals surface area contributed by atoms with Crippen molar-refractivity contribution in [1.29, 1.82) is 0 Å². The van der Waals surface area contributed by atoms with E-state index in [2.05, 4.69) is 0 Å². The summed E-state index contributed by atoms with van der Waals surface area (Å²) in [6.45, 7) is 0. The van der Waals surface area contributed by atoms with Crippen molar-refractivity contribution in [3.63, 3.8) is 0 Å². The average Bonchev–Trinajstić information content (AvgIpc) is 2.76. The lowest BCUT2D eigenvalue weighted by molar-refractivity contribution is 0.591. The Balaban J connectivity index is 2.50. The molecule has 110 valence electrons. The molecule has 0 unspecified atom stereocenters. The van der Waals surface area contributed by atoms with E-state index >= 15 is 8.78 Å². The zero-order chi connectivity index (χ0) is 24.4. The largest absolute Gasteiger partial charge is 0.205 e. The van der Waals surface area contributed by atoms with Crippen LogP contribution < -0.4 is 0 Å². The van der Waals surface area contributed by atoms with Crippen LogP contribution in [0.2, 0.25) is 10.0 Å². The van der Waals surface area contributed by atoms with Crippen molar-refractivity contribution in [1.82, 2.24) is 0 Å². The molecule has 3 rings (SSSR count). The minimum absolute atomic E-state index is 0.656. The van der Waals surface area contributed by atoms with Gasteiger partial charge in [-0.3, -0.25) is 0 Å². The molecule has 0 N–H and O–H groups in total. The highest BCUT2D eigenvalue weighted by atomic mass is 35.5. The Bertz CT molecular complexity index is 1140. The maximum atomic E-state index is 15.3. The average molecular weight is 345 g/mol. The van der Waals surface area contributed by atoms with Crippen LogP contribution in [0, 0.1) is 11.6 Å². The summed E-state index contributed by atoms with van der Waals surface area (Å²) in [5.41, 5.74) is -3.32. The van der Waals surface area contributed by atoms with E-state index in [9.17, 15) is 0 Å². The second-order valence-electron chi connectivity index (χ2n) is 4.01. The number of benzene rings is 3. The van der Waals surface area contributed by atoms with Gasteiger partial charge in [0, 0.05) is 5.56 Å². The van der Waals surface area contributed by atoms with E-state index in [1.54, 1.807) is 0 Å². The van der Waals surface area contributed by atoms with E-state index in [4.69, 9.17) is 36.9 Å². The van der Waals surface area contributed by atoms with Gasteiger partial charge in [0.05, 0.1) is 29.3 Å². The summed E-state index contributed by atoms with van der Waals surface area (Å²) in [6.07, 6.45) is 0. The molecule has 0 fully saturated rings. The molecule has 3 aromatic rings. The molecule has 0 bridgehead atoms. The Labute approximate surface area is 151 Å². The van der Waals surface area contributed by atoms with Crippen LogP contribution in [-0.4, -0.2) is 0 Å². The third kappa shape index (κ3) is 2.49. The molecular formula is C18H10Cl2F2. The van der Waals surface area contributed by atoms with Crippen molar-refractivity contribution < 1.29 is 22.5 Å². The highest BCUT2D eigenvalue weighted by Crippen LogP contribution is 2.43. The molecule has 0 spiro atoms. The Hall–Kier alpha value is -1.90. The molecule has 0 radical (unpaired) electrons. The van der Waals surface area contributed by atoms with Gasteiger partial charge in [-0.1, -0.05) is 83.6 Å². The van der Waals surface area contributed by atoms with E-state index in [0.29, 0.717) is 0 Å². The summed E-state index contributed by atoms with van der Waals surface area (Å²) >= 11 is 12.1. The minimum atomic E-state index is -1.58. The second kappa shape index (κ2) is 6.07. The van der Waals surface area contributed by atoms with Crippen LogP contribution in [-0.2, 0) is 0 Å². The number of hydrogen-bond acceptors (Lipinski definition) is 0. The SMILES string of the molecule is [2H]c1c([2H])c([2H])c(-c2c(F)c(Cl)c(-c3c([2H])c([2H])c([2H])c([2H])c3[2H])c(Cl)c2F)c([2H])c1[2H]. The van der Waals surface area contributed by atoms with Crippen LogP contribution >= 0.6 is 23.2 Å². The highest BCUT2D eigenvalue weighted by molar-refractivity contribution is 6.40. The lowest BCUT2D eigenvalue weighted by atomic mass is 9.98. The first-order valence-electron chi connectivity index (χ1n) is 10.8. The number of halogens is 4. The van der Waals surface area contributed by atoms with Crippen molar-refractivity contribution in [2.24, 2.45) is 0 Å². The van der Waals surface area contributed by atoms with Gasteiger partial charge >= 0.3 is 0 Å². The lowest BCUT2D eigenvalue weighted by Crippen LogP contribution is -1.97. The topological polar surface area (TPSA) is 0 Å². The molecule has 0 nitrogen and oxygen atoms in total. The van der Waals surface area contributed by atoms with Gasteiger partial charge in [0.2, 0.25) is 0 Å². The monoisotopic (exact) mass is 344 g/mol. The van der Waals surface area contributed by atoms with Gasteiger partial charge < -0.3 is 0 Å². The zero-order valence-electron chi connectivity index (χ0n) is 20.5. The molecule has 0 atom stereocenters. The predicted octanol–water partition coefficient (Wildman–Crippen LogP) is 6.61. The predicted molar refractivity (Wildman–Crippen MR) is 87.3 cm³/mol. The van der Waals surface area contributed by atoms with Crippen LogP contribution in [0.5, 0.6) is 0 Å². The lowest BCUT2D eigenvalue weighted by Gasteiger charge is -2.14. The summed E-state index contributed by atoms with van der Waals surface area (Å²) in [6, 6.07) is -8.22. The molecule has 0 aliphatic carbocycles. The van der Waals surface area contributed by atoms with E-state index in [1.165, 1.54) is 0 Å². The number of rotatable bonds is 2. The molecule has 0 aliphatic rings. The van der Waals surface area contributed by atoms with E-state index in [-0.39, 0.29) is 0 Å². The molecule has 4 heteroatoms. The van der Waals surface area contributed by atoms with E-state index < -0.39 is 104 Å². The third-order valence-corrected chi connectivity index (χ3v) is 3.47. The van der Waals surface area contributed by atoms with Crippen LogP contribution in [0.15, 0.2) is 60.4 Å². The molecule has 22 heavy (non-hydrogen) atoms. The smallest absolute Gasteiger partial charge is 0.153 e. The highest BCUT2D eigenvalue weighted by Gasteiger charge is 2.24. The first kappa shape index (κ1) is 7.12. The molecular weight excluding hydrogens is 325 g/mol. The van der Waals surface area contributed by atoms with Crippen LogP contribution in [0.25, 0.3) is 22.3 Å². The van der Waals surface area contributed by atoms with Gasteiger partial charge in [0.15, 0.2) is 11.6 Å². The fourth-order valence-electron chi connectivity index (χ4n) is 1.82. The molecule has 0 saturated heterocycles. The maximum absolute atomic E-state index is 15.3. The van der Waals surface area contributed by atoms with Crippen LogP contribution in [0.3, 0.4) is 0 Å². The standard InChI is InChI=1S/C18H10Cl2F2/c19-15-13(11-7-3-1-4-8-11)16(20)18(22)14(17(15)21)12-9-5-2-6-10-12/h1-10H/i1D,2D,3D,4D,5D,6D,7D,8D,9D,10D. The van der Waals surface area contributed by atoms with Crippen molar-refractivity contribution in [2.45, 2.75) is 0 Å². The van der Waals surface area contributed by atoms with Gasteiger partial charge in [-0.25, -0.2) is 8.78 Å². The molecule has 0 saturated carbocycles. The van der Waals surface area contributed by atoms with Gasteiger partial charge in [-0.2, -0.15) is 0 Å². The van der Waals surface area contributed by atoms with Gasteiger partial charge in [-0.05, 0) is 11.1 Å². The summed E-state index contributed by atoms with van der Waals surface area (Å²) in [7, 11) is 0. The molecule has 0 amide bonds. The van der Waals surface area contributed by atoms with Crippen molar-refractivity contribution in [3.05, 3.63) is 82.1 Å². The van der Waals surface area contributed by atoms with Crippen LogP contribution in [0.4, 0.5) is 8.78 Å².